The zero-order chi connectivity index (χ0) is 18.8. The maximum Gasteiger partial charge on any atom is 0.255 e. The summed E-state index contributed by atoms with van der Waals surface area (Å²) in [5.74, 6) is 0.628. The van der Waals surface area contributed by atoms with E-state index >= 15 is 0 Å². The lowest BCUT2D eigenvalue weighted by Gasteiger charge is -2.34. The minimum Gasteiger partial charge on any atom is -0.441 e. The van der Waals surface area contributed by atoms with Gasteiger partial charge >= 0.3 is 0 Å². The number of carbonyl (C=O) groups is 2. The monoisotopic (exact) mass is 364 g/mol. The molecular formula is C20H20N4O3. The van der Waals surface area contributed by atoms with Crippen molar-refractivity contribution in [1.82, 2.24) is 19.8 Å². The molecule has 138 valence electrons. The average molecular weight is 364 g/mol. The van der Waals surface area contributed by atoms with E-state index in [9.17, 15) is 9.59 Å². The van der Waals surface area contributed by atoms with Crippen LogP contribution in [0.15, 0.2) is 47.1 Å². The molecule has 7 nitrogen and oxygen atoms in total. The highest BCUT2D eigenvalue weighted by Crippen LogP contribution is 2.18. The number of hydrogen-bond donors (Lipinski definition) is 0. The Morgan fingerprint density at radius 1 is 1.11 bits per heavy atom. The maximum atomic E-state index is 12.6. The molecular weight excluding hydrogens is 344 g/mol. The largest absolute Gasteiger partial charge is 0.441 e. The van der Waals surface area contributed by atoms with Gasteiger partial charge in [-0.2, -0.15) is 0 Å². The maximum absolute atomic E-state index is 12.6. The van der Waals surface area contributed by atoms with Crippen LogP contribution in [-0.2, 0) is 11.2 Å². The fourth-order valence-electron chi connectivity index (χ4n) is 3.31. The predicted molar refractivity (Wildman–Crippen MR) is 99.2 cm³/mol. The first-order valence-electron chi connectivity index (χ1n) is 8.93. The normalized spacial score (nSPS) is 14.6. The molecule has 1 aromatic carbocycles. The van der Waals surface area contributed by atoms with Crippen molar-refractivity contribution >= 4 is 22.9 Å². The molecule has 0 N–H and O–H groups in total. The third kappa shape index (κ3) is 3.67. The topological polar surface area (TPSA) is 79.5 Å². The summed E-state index contributed by atoms with van der Waals surface area (Å²) >= 11 is 0. The van der Waals surface area contributed by atoms with Crippen LogP contribution in [0.25, 0.3) is 11.1 Å². The van der Waals surface area contributed by atoms with Crippen LogP contribution >= 0.6 is 0 Å². The molecule has 0 unspecified atom stereocenters. The molecule has 0 atom stereocenters. The molecule has 3 aromatic rings. The molecule has 4 rings (SSSR count). The van der Waals surface area contributed by atoms with Crippen LogP contribution in [-0.4, -0.2) is 57.8 Å². The third-order valence-electron chi connectivity index (χ3n) is 4.74. The Morgan fingerprint density at radius 3 is 2.63 bits per heavy atom. The van der Waals surface area contributed by atoms with E-state index in [2.05, 4.69) is 9.97 Å². The molecule has 0 bridgehead atoms. The molecule has 0 radical (unpaired) electrons. The van der Waals surface area contributed by atoms with Gasteiger partial charge in [0.2, 0.25) is 5.91 Å². The number of hydrogen-bond acceptors (Lipinski definition) is 5. The number of piperazine rings is 1. The quantitative estimate of drug-likeness (QED) is 0.711. The molecule has 27 heavy (non-hydrogen) atoms. The van der Waals surface area contributed by atoms with Gasteiger partial charge in [-0.3, -0.25) is 14.6 Å². The summed E-state index contributed by atoms with van der Waals surface area (Å²) in [5, 5.41) is 0. The molecule has 2 amide bonds. The first-order valence-corrected chi connectivity index (χ1v) is 8.93. The number of aryl methyl sites for hydroxylation is 1. The standard InChI is InChI=1S/C20H20N4O3/c1-14-22-17-5-4-15(11-18(17)27-14)12-19(25)23-7-9-24(10-8-23)20(26)16-3-2-6-21-13-16/h2-6,11,13H,7-10,12H2,1H3. The first kappa shape index (κ1) is 17.2. The van der Waals surface area contributed by atoms with Gasteiger partial charge in [-0.15, -0.1) is 0 Å². The molecule has 0 aliphatic carbocycles. The van der Waals surface area contributed by atoms with Gasteiger partial charge in [-0.05, 0) is 29.8 Å². The summed E-state index contributed by atoms with van der Waals surface area (Å²) in [7, 11) is 0. The molecule has 7 heteroatoms. The van der Waals surface area contributed by atoms with E-state index in [-0.39, 0.29) is 11.8 Å². The lowest BCUT2D eigenvalue weighted by Crippen LogP contribution is -2.51. The Balaban J connectivity index is 1.36. The second-order valence-corrected chi connectivity index (χ2v) is 6.63. The van der Waals surface area contributed by atoms with Crippen LogP contribution in [0.4, 0.5) is 0 Å². The fraction of sp³-hybridized carbons (Fsp3) is 0.300. The van der Waals surface area contributed by atoms with Crippen molar-refractivity contribution in [2.75, 3.05) is 26.2 Å². The number of fused-ring (bicyclic) bond motifs is 1. The molecule has 3 heterocycles. The van der Waals surface area contributed by atoms with E-state index < -0.39 is 0 Å². The van der Waals surface area contributed by atoms with Gasteiger partial charge in [-0.25, -0.2) is 4.98 Å². The van der Waals surface area contributed by atoms with Crippen molar-refractivity contribution < 1.29 is 14.0 Å². The van der Waals surface area contributed by atoms with Gasteiger partial charge in [0.15, 0.2) is 11.5 Å². The van der Waals surface area contributed by atoms with Gasteiger partial charge in [0.05, 0.1) is 12.0 Å². The second-order valence-electron chi connectivity index (χ2n) is 6.63. The van der Waals surface area contributed by atoms with Crippen LogP contribution in [0.1, 0.15) is 21.8 Å². The number of nitrogens with zero attached hydrogens (tertiary/aromatic N) is 4. The summed E-state index contributed by atoms with van der Waals surface area (Å²) in [6, 6.07) is 9.16. The number of rotatable bonds is 3. The van der Waals surface area contributed by atoms with Crippen molar-refractivity contribution in [3.8, 4) is 0 Å². The molecule has 1 saturated heterocycles. The van der Waals surface area contributed by atoms with E-state index in [4.69, 9.17) is 4.42 Å². The SMILES string of the molecule is Cc1nc2ccc(CC(=O)N3CCN(C(=O)c4cccnc4)CC3)cc2o1. The summed E-state index contributed by atoms with van der Waals surface area (Å²) < 4.78 is 5.53. The van der Waals surface area contributed by atoms with Crippen LogP contribution < -0.4 is 0 Å². The Morgan fingerprint density at radius 2 is 1.89 bits per heavy atom. The summed E-state index contributed by atoms with van der Waals surface area (Å²) in [6.07, 6.45) is 3.53. The van der Waals surface area contributed by atoms with E-state index in [1.165, 1.54) is 0 Å². The number of pyridine rings is 1. The second kappa shape index (κ2) is 7.19. The van der Waals surface area contributed by atoms with Crippen molar-refractivity contribution in [3.63, 3.8) is 0 Å². The number of benzene rings is 1. The Hall–Kier alpha value is -3.22. The third-order valence-corrected chi connectivity index (χ3v) is 4.74. The van der Waals surface area contributed by atoms with E-state index in [0.29, 0.717) is 49.6 Å². The molecule has 0 saturated carbocycles. The zero-order valence-corrected chi connectivity index (χ0v) is 15.1. The number of oxazole rings is 1. The van der Waals surface area contributed by atoms with Crippen LogP contribution in [0.2, 0.25) is 0 Å². The molecule has 1 aliphatic rings. The molecule has 1 aliphatic heterocycles. The highest BCUT2D eigenvalue weighted by atomic mass is 16.3. The van der Waals surface area contributed by atoms with Gasteiger partial charge in [0, 0.05) is 45.5 Å². The van der Waals surface area contributed by atoms with Crippen molar-refractivity contribution in [3.05, 3.63) is 59.7 Å². The number of amides is 2. The predicted octanol–water partition coefficient (Wildman–Crippen LogP) is 2.06. The highest BCUT2D eigenvalue weighted by molar-refractivity contribution is 5.94. The van der Waals surface area contributed by atoms with E-state index in [1.807, 2.05) is 23.1 Å². The lowest BCUT2D eigenvalue weighted by molar-refractivity contribution is -0.131. The van der Waals surface area contributed by atoms with Gasteiger partial charge in [0.1, 0.15) is 5.52 Å². The van der Waals surface area contributed by atoms with Crippen molar-refractivity contribution in [2.24, 2.45) is 0 Å². The number of aromatic nitrogens is 2. The summed E-state index contributed by atoms with van der Waals surface area (Å²) in [5.41, 5.74) is 2.97. The molecule has 0 spiro atoms. The van der Waals surface area contributed by atoms with E-state index in [0.717, 1.165) is 11.1 Å². The van der Waals surface area contributed by atoms with Crippen LogP contribution in [0.5, 0.6) is 0 Å². The number of carbonyl (C=O) groups excluding carboxylic acids is 2. The highest BCUT2D eigenvalue weighted by Gasteiger charge is 2.25. The smallest absolute Gasteiger partial charge is 0.255 e. The summed E-state index contributed by atoms with van der Waals surface area (Å²) in [4.78, 5) is 36.9. The fourth-order valence-corrected chi connectivity index (χ4v) is 3.31. The Bertz CT molecular complexity index is 975. The van der Waals surface area contributed by atoms with Crippen LogP contribution in [0.3, 0.4) is 0 Å². The lowest BCUT2D eigenvalue weighted by atomic mass is 10.1. The summed E-state index contributed by atoms with van der Waals surface area (Å²) in [6.45, 7) is 3.93. The minimum atomic E-state index is -0.0404. The average Bonchev–Trinajstić information content (AvgIpc) is 3.07. The van der Waals surface area contributed by atoms with Crippen molar-refractivity contribution in [1.29, 1.82) is 0 Å². The molecule has 1 fully saturated rings. The van der Waals surface area contributed by atoms with Crippen LogP contribution in [0, 0.1) is 6.92 Å². The first-order chi connectivity index (χ1) is 13.1. The van der Waals surface area contributed by atoms with Crippen molar-refractivity contribution in [2.45, 2.75) is 13.3 Å². The van der Waals surface area contributed by atoms with E-state index in [1.54, 1.807) is 36.4 Å². The van der Waals surface area contributed by atoms with Gasteiger partial charge < -0.3 is 14.2 Å². The van der Waals surface area contributed by atoms with Gasteiger partial charge in [-0.1, -0.05) is 6.07 Å². The Labute approximate surface area is 156 Å². The molecule has 2 aromatic heterocycles. The zero-order valence-electron chi connectivity index (χ0n) is 15.1. The minimum absolute atomic E-state index is 0.0404. The van der Waals surface area contributed by atoms with Gasteiger partial charge in [0.25, 0.3) is 5.91 Å². The Kier molecular flexibility index (Phi) is 4.58.